The van der Waals surface area contributed by atoms with Crippen molar-refractivity contribution in [1.82, 2.24) is 16.0 Å². The highest BCUT2D eigenvalue weighted by atomic mass is 16.4. The minimum atomic E-state index is -1.76. The highest BCUT2D eigenvalue weighted by Crippen LogP contribution is 2.07. The molecule has 0 fully saturated rings. The van der Waals surface area contributed by atoms with Gasteiger partial charge in [-0.1, -0.05) is 30.3 Å². The number of carbonyl (C=O) groups excluding carboxylic acids is 4. The molecule has 16 heteroatoms. The van der Waals surface area contributed by atoms with E-state index < -0.39 is 66.2 Å². The minimum Gasteiger partial charge on any atom is -0.481 e. The lowest BCUT2D eigenvalue weighted by molar-refractivity contribution is -0.147. The van der Waals surface area contributed by atoms with Crippen LogP contribution in [0.2, 0.25) is 0 Å². The van der Waals surface area contributed by atoms with E-state index >= 15 is 0 Å². The summed E-state index contributed by atoms with van der Waals surface area (Å²) >= 11 is 0. The molecule has 16 nitrogen and oxygen atoms in total. The topological polar surface area (TPSA) is 295 Å². The maximum atomic E-state index is 13.3. The van der Waals surface area contributed by atoms with Crippen molar-refractivity contribution < 1.29 is 39.0 Å². The average Bonchev–Trinajstić information content (AvgIpc) is 2.87. The van der Waals surface area contributed by atoms with Gasteiger partial charge < -0.3 is 49.1 Å². The fraction of sp³-hybridized carbons (Fsp3) is 0.458. The van der Waals surface area contributed by atoms with Crippen molar-refractivity contribution in [3.63, 3.8) is 0 Å². The molecule has 4 unspecified atom stereocenters. The Morgan fingerprint density at radius 3 is 1.93 bits per heavy atom. The number of aliphatic imine (C=N–C) groups is 1. The lowest BCUT2D eigenvalue weighted by atomic mass is 10.0. The summed E-state index contributed by atoms with van der Waals surface area (Å²) in [7, 11) is 0. The maximum Gasteiger partial charge on any atom is 0.326 e. The van der Waals surface area contributed by atoms with Crippen molar-refractivity contribution in [3.8, 4) is 0 Å². The molecule has 13 N–H and O–H groups in total. The van der Waals surface area contributed by atoms with Crippen LogP contribution in [-0.4, -0.2) is 82.5 Å². The summed E-state index contributed by atoms with van der Waals surface area (Å²) in [6, 6.07) is 3.15. The van der Waals surface area contributed by atoms with Crippen molar-refractivity contribution in [2.75, 3.05) is 6.54 Å². The van der Waals surface area contributed by atoms with Crippen LogP contribution in [-0.2, 0) is 35.2 Å². The van der Waals surface area contributed by atoms with Crippen LogP contribution < -0.4 is 38.9 Å². The molecule has 0 aromatic heterocycles. The van der Waals surface area contributed by atoms with E-state index in [-0.39, 0.29) is 44.6 Å². The molecule has 0 aliphatic heterocycles. The summed E-state index contributed by atoms with van der Waals surface area (Å²) < 4.78 is 0. The Kier molecular flexibility index (Phi) is 14.1. The zero-order valence-corrected chi connectivity index (χ0v) is 21.7. The van der Waals surface area contributed by atoms with Crippen molar-refractivity contribution >= 4 is 41.5 Å². The molecule has 0 radical (unpaired) electrons. The van der Waals surface area contributed by atoms with E-state index in [0.29, 0.717) is 5.56 Å². The third-order valence-electron chi connectivity index (χ3n) is 5.53. The number of carboxylic acid groups (broad SMARTS) is 2. The van der Waals surface area contributed by atoms with Gasteiger partial charge >= 0.3 is 11.9 Å². The van der Waals surface area contributed by atoms with E-state index in [0.717, 1.165) is 0 Å². The highest BCUT2D eigenvalue weighted by molar-refractivity contribution is 5.94. The number of carboxylic acids is 2. The summed E-state index contributed by atoms with van der Waals surface area (Å²) in [4.78, 5) is 76.3. The van der Waals surface area contributed by atoms with Gasteiger partial charge in [-0.3, -0.25) is 29.0 Å². The predicted octanol–water partition coefficient (Wildman–Crippen LogP) is -3.11. The van der Waals surface area contributed by atoms with Crippen molar-refractivity contribution in [3.05, 3.63) is 35.9 Å². The second-order valence-electron chi connectivity index (χ2n) is 8.87. The molecule has 220 valence electrons. The number of aliphatic carboxylic acids is 2. The Labute approximate surface area is 229 Å². The van der Waals surface area contributed by atoms with Crippen LogP contribution in [0, 0.1) is 0 Å². The zero-order valence-electron chi connectivity index (χ0n) is 21.7. The predicted molar refractivity (Wildman–Crippen MR) is 142 cm³/mol. The molecular weight excluding hydrogens is 528 g/mol. The monoisotopic (exact) mass is 564 g/mol. The molecule has 4 amide bonds. The van der Waals surface area contributed by atoms with Crippen molar-refractivity contribution in [2.45, 2.75) is 62.7 Å². The molecule has 0 saturated heterocycles. The lowest BCUT2D eigenvalue weighted by Crippen LogP contribution is -2.57. The third kappa shape index (κ3) is 13.2. The van der Waals surface area contributed by atoms with Gasteiger partial charge in [-0.2, -0.15) is 0 Å². The summed E-state index contributed by atoms with van der Waals surface area (Å²) in [5, 5.41) is 25.4. The number of hydrogen-bond acceptors (Lipinski definition) is 8. The van der Waals surface area contributed by atoms with Crippen LogP contribution >= 0.6 is 0 Å². The quantitative estimate of drug-likeness (QED) is 0.0488. The number of nitrogens with zero attached hydrogens (tertiary/aromatic N) is 1. The first-order chi connectivity index (χ1) is 18.8. The van der Waals surface area contributed by atoms with Crippen LogP contribution in [0.5, 0.6) is 0 Å². The van der Waals surface area contributed by atoms with Crippen LogP contribution in [0.1, 0.15) is 37.7 Å². The third-order valence-corrected chi connectivity index (χ3v) is 5.53. The average molecular weight is 565 g/mol. The van der Waals surface area contributed by atoms with E-state index in [2.05, 4.69) is 20.9 Å². The van der Waals surface area contributed by atoms with E-state index in [1.807, 2.05) is 0 Å². The Morgan fingerprint density at radius 1 is 0.800 bits per heavy atom. The number of nitrogens with two attached hydrogens (primary N) is 4. The molecule has 1 aromatic carbocycles. The summed E-state index contributed by atoms with van der Waals surface area (Å²) in [5.41, 5.74) is 22.2. The molecule has 4 atom stereocenters. The van der Waals surface area contributed by atoms with Crippen LogP contribution in [0.15, 0.2) is 35.3 Å². The normalized spacial score (nSPS) is 13.5. The first-order valence-corrected chi connectivity index (χ1v) is 12.3. The molecule has 0 bridgehead atoms. The van der Waals surface area contributed by atoms with Gasteiger partial charge in [0, 0.05) is 19.4 Å². The van der Waals surface area contributed by atoms with Gasteiger partial charge in [-0.25, -0.2) is 4.79 Å². The number of primary amides is 1. The molecule has 40 heavy (non-hydrogen) atoms. The van der Waals surface area contributed by atoms with E-state index in [1.165, 1.54) is 0 Å². The fourth-order valence-electron chi connectivity index (χ4n) is 3.46. The first-order valence-electron chi connectivity index (χ1n) is 12.3. The molecule has 1 rings (SSSR count). The van der Waals surface area contributed by atoms with E-state index in [9.17, 15) is 33.9 Å². The molecular formula is C24H36N8O8. The zero-order chi connectivity index (χ0) is 30.2. The standard InChI is InChI=1S/C24H36N8O8/c25-14(8-9-18(26)33)20(36)31-16(11-13-5-2-1-3-6-13)22(38)30-15(7-4-10-29-24(27)28)21(37)32-17(23(39)40)12-19(34)35/h1-3,5-6,14-17H,4,7-12,25H2,(H2,26,33)(H,30,38)(H,31,36)(H,32,37)(H,34,35)(H,39,40)(H4,27,28,29). The number of amides is 4. The van der Waals surface area contributed by atoms with Gasteiger partial charge in [0.2, 0.25) is 23.6 Å². The Balaban J connectivity index is 3.15. The van der Waals surface area contributed by atoms with Crippen LogP contribution in [0.25, 0.3) is 0 Å². The highest BCUT2D eigenvalue weighted by Gasteiger charge is 2.31. The van der Waals surface area contributed by atoms with Gasteiger partial charge in [0.15, 0.2) is 5.96 Å². The molecule has 0 aliphatic rings. The first kappa shape index (κ1) is 33.3. The summed E-state index contributed by atoms with van der Waals surface area (Å²) in [5.74, 6) is -6.39. The maximum absolute atomic E-state index is 13.3. The molecule has 0 aliphatic carbocycles. The van der Waals surface area contributed by atoms with Crippen LogP contribution in [0.3, 0.4) is 0 Å². The number of carbonyl (C=O) groups is 6. The van der Waals surface area contributed by atoms with Gasteiger partial charge in [-0.15, -0.1) is 0 Å². The second kappa shape index (κ2) is 17.0. The number of guanidine groups is 1. The van der Waals surface area contributed by atoms with E-state index in [4.69, 9.17) is 28.0 Å². The number of nitrogens with one attached hydrogen (secondary N) is 3. The molecule has 1 aromatic rings. The lowest BCUT2D eigenvalue weighted by Gasteiger charge is -2.25. The van der Waals surface area contributed by atoms with E-state index in [1.54, 1.807) is 30.3 Å². The van der Waals surface area contributed by atoms with Gasteiger partial charge in [-0.05, 0) is 24.8 Å². The number of rotatable bonds is 18. The summed E-state index contributed by atoms with van der Waals surface area (Å²) in [6.07, 6.45) is -0.982. The Hall–Kier alpha value is -4.73. The summed E-state index contributed by atoms with van der Waals surface area (Å²) in [6.45, 7) is 0.0817. The van der Waals surface area contributed by atoms with Gasteiger partial charge in [0.1, 0.15) is 18.1 Å². The second-order valence-corrected chi connectivity index (χ2v) is 8.87. The van der Waals surface area contributed by atoms with Gasteiger partial charge in [0.05, 0.1) is 12.5 Å². The van der Waals surface area contributed by atoms with Gasteiger partial charge in [0.25, 0.3) is 0 Å². The Bertz CT molecular complexity index is 1080. The smallest absolute Gasteiger partial charge is 0.326 e. The number of hydrogen-bond donors (Lipinski definition) is 9. The minimum absolute atomic E-state index is 0.0000570. The van der Waals surface area contributed by atoms with Crippen LogP contribution in [0.4, 0.5) is 0 Å². The van der Waals surface area contributed by atoms with Crippen molar-refractivity contribution in [1.29, 1.82) is 0 Å². The fourth-order valence-corrected chi connectivity index (χ4v) is 3.46. The van der Waals surface area contributed by atoms with Crippen molar-refractivity contribution in [2.24, 2.45) is 27.9 Å². The molecule has 0 heterocycles. The SMILES string of the molecule is NC(=O)CCC(N)C(=O)NC(Cc1ccccc1)C(=O)NC(CCCN=C(N)N)C(=O)NC(CC(=O)O)C(=O)O. The largest absolute Gasteiger partial charge is 0.481 e. The Morgan fingerprint density at radius 2 is 1.38 bits per heavy atom. The molecule has 0 spiro atoms. The molecule has 0 saturated carbocycles. The number of benzene rings is 1.